The number of rotatable bonds is 2. The first kappa shape index (κ1) is 10.2. The van der Waals surface area contributed by atoms with Crippen LogP contribution in [0.25, 0.3) is 11.4 Å². The molecular formula is C10H9BrN4. The lowest BCUT2D eigenvalue weighted by Gasteiger charge is -2.01. The van der Waals surface area contributed by atoms with E-state index in [2.05, 4.69) is 30.9 Å². The van der Waals surface area contributed by atoms with Gasteiger partial charge in [-0.2, -0.15) is 0 Å². The third-order valence-corrected chi connectivity index (χ3v) is 2.32. The normalized spacial score (nSPS) is 10.3. The Kier molecular flexibility index (Phi) is 3.03. The van der Waals surface area contributed by atoms with Gasteiger partial charge in [-0.25, -0.2) is 9.97 Å². The molecule has 0 atom stereocenters. The van der Waals surface area contributed by atoms with Gasteiger partial charge in [-0.3, -0.25) is 4.98 Å². The van der Waals surface area contributed by atoms with Crippen LogP contribution in [0, 0.1) is 0 Å². The van der Waals surface area contributed by atoms with E-state index in [-0.39, 0.29) is 0 Å². The largest absolute Gasteiger partial charge is 0.325 e. The predicted octanol–water partition coefficient (Wildman–Crippen LogP) is 1.76. The van der Waals surface area contributed by atoms with E-state index >= 15 is 0 Å². The van der Waals surface area contributed by atoms with Crippen molar-refractivity contribution in [3.05, 3.63) is 40.9 Å². The number of pyridine rings is 1. The highest BCUT2D eigenvalue weighted by molar-refractivity contribution is 9.10. The molecule has 0 fully saturated rings. The van der Waals surface area contributed by atoms with Gasteiger partial charge >= 0.3 is 0 Å². The molecule has 0 spiro atoms. The number of aromatic nitrogens is 3. The molecule has 2 aromatic rings. The lowest BCUT2D eigenvalue weighted by Crippen LogP contribution is -2.01. The molecular weight excluding hydrogens is 256 g/mol. The van der Waals surface area contributed by atoms with Gasteiger partial charge in [0.2, 0.25) is 0 Å². The molecule has 2 heterocycles. The topological polar surface area (TPSA) is 64.7 Å². The minimum absolute atomic E-state index is 0.414. The first-order valence-electron chi connectivity index (χ1n) is 4.42. The van der Waals surface area contributed by atoms with Crippen LogP contribution in [-0.4, -0.2) is 15.0 Å². The minimum Gasteiger partial charge on any atom is -0.325 e. The zero-order valence-corrected chi connectivity index (χ0v) is 9.48. The molecule has 0 unspecified atom stereocenters. The molecule has 0 radical (unpaired) electrons. The fraction of sp³-hybridized carbons (Fsp3) is 0.100. The molecule has 0 bridgehead atoms. The van der Waals surface area contributed by atoms with Crippen LogP contribution in [0.5, 0.6) is 0 Å². The monoisotopic (exact) mass is 264 g/mol. The molecule has 15 heavy (non-hydrogen) atoms. The lowest BCUT2D eigenvalue weighted by atomic mass is 10.2. The Morgan fingerprint density at radius 1 is 1.33 bits per heavy atom. The molecule has 0 aliphatic rings. The Labute approximate surface area is 95.7 Å². The second kappa shape index (κ2) is 4.46. The summed E-state index contributed by atoms with van der Waals surface area (Å²) in [4.78, 5) is 12.5. The van der Waals surface area contributed by atoms with Gasteiger partial charge in [0.05, 0.1) is 5.69 Å². The fourth-order valence-corrected chi connectivity index (χ4v) is 1.55. The Balaban J connectivity index is 2.44. The van der Waals surface area contributed by atoms with E-state index in [0.717, 1.165) is 15.7 Å². The number of nitrogens with zero attached hydrogens (tertiary/aromatic N) is 3. The van der Waals surface area contributed by atoms with Gasteiger partial charge in [-0.1, -0.05) is 0 Å². The molecule has 4 nitrogen and oxygen atoms in total. The van der Waals surface area contributed by atoms with Crippen LogP contribution in [0.15, 0.2) is 35.2 Å². The average molecular weight is 265 g/mol. The van der Waals surface area contributed by atoms with Crippen molar-refractivity contribution in [1.29, 1.82) is 0 Å². The summed E-state index contributed by atoms with van der Waals surface area (Å²) in [6.45, 7) is 0.414. The van der Waals surface area contributed by atoms with E-state index in [0.29, 0.717) is 12.4 Å². The van der Waals surface area contributed by atoms with E-state index in [1.807, 2.05) is 6.07 Å². The average Bonchev–Trinajstić information content (AvgIpc) is 2.29. The van der Waals surface area contributed by atoms with Crippen molar-refractivity contribution >= 4 is 15.9 Å². The van der Waals surface area contributed by atoms with Gasteiger partial charge in [0.15, 0.2) is 5.82 Å². The Morgan fingerprint density at radius 3 is 2.93 bits per heavy atom. The van der Waals surface area contributed by atoms with Gasteiger partial charge in [0.25, 0.3) is 0 Å². The van der Waals surface area contributed by atoms with E-state index in [4.69, 9.17) is 5.73 Å². The maximum absolute atomic E-state index is 5.51. The van der Waals surface area contributed by atoms with Crippen LogP contribution in [-0.2, 0) is 6.54 Å². The Hall–Kier alpha value is -1.33. The highest BCUT2D eigenvalue weighted by Crippen LogP contribution is 2.17. The van der Waals surface area contributed by atoms with Gasteiger partial charge in [-0.05, 0) is 28.1 Å². The van der Waals surface area contributed by atoms with E-state index in [9.17, 15) is 0 Å². The SMILES string of the molecule is NCc1ccnc(-c2cncc(Br)c2)n1. The highest BCUT2D eigenvalue weighted by atomic mass is 79.9. The van der Waals surface area contributed by atoms with Crippen molar-refractivity contribution in [2.45, 2.75) is 6.54 Å². The lowest BCUT2D eigenvalue weighted by molar-refractivity contribution is 0.968. The van der Waals surface area contributed by atoms with Crippen LogP contribution in [0.4, 0.5) is 0 Å². The van der Waals surface area contributed by atoms with Gasteiger partial charge in [0.1, 0.15) is 0 Å². The standard InChI is InChI=1S/C10H9BrN4/c11-8-3-7(5-13-6-8)10-14-2-1-9(4-12)15-10/h1-3,5-6H,4,12H2. The maximum atomic E-state index is 5.51. The molecule has 2 aromatic heterocycles. The highest BCUT2D eigenvalue weighted by Gasteiger charge is 2.02. The smallest absolute Gasteiger partial charge is 0.161 e. The summed E-state index contributed by atoms with van der Waals surface area (Å²) >= 11 is 3.35. The summed E-state index contributed by atoms with van der Waals surface area (Å²) in [7, 11) is 0. The Morgan fingerprint density at radius 2 is 2.20 bits per heavy atom. The first-order chi connectivity index (χ1) is 7.29. The molecule has 0 aromatic carbocycles. The van der Waals surface area contributed by atoms with Crippen molar-refractivity contribution in [3.63, 3.8) is 0 Å². The third kappa shape index (κ3) is 2.37. The van der Waals surface area contributed by atoms with Gasteiger partial charge in [0, 0.05) is 35.2 Å². The van der Waals surface area contributed by atoms with Crippen molar-refractivity contribution in [3.8, 4) is 11.4 Å². The van der Waals surface area contributed by atoms with E-state index in [1.54, 1.807) is 24.7 Å². The van der Waals surface area contributed by atoms with Crippen LogP contribution >= 0.6 is 15.9 Å². The summed E-state index contributed by atoms with van der Waals surface area (Å²) < 4.78 is 0.904. The number of halogens is 1. The predicted molar refractivity (Wildman–Crippen MR) is 60.9 cm³/mol. The molecule has 0 saturated heterocycles. The first-order valence-corrected chi connectivity index (χ1v) is 5.22. The zero-order valence-electron chi connectivity index (χ0n) is 7.89. The van der Waals surface area contributed by atoms with Crippen molar-refractivity contribution in [2.24, 2.45) is 5.73 Å². The molecule has 2 N–H and O–H groups in total. The van der Waals surface area contributed by atoms with Crippen molar-refractivity contribution < 1.29 is 0 Å². The maximum Gasteiger partial charge on any atom is 0.161 e. The Bertz CT molecular complexity index is 472. The van der Waals surface area contributed by atoms with E-state index in [1.165, 1.54) is 0 Å². The van der Waals surface area contributed by atoms with Crippen LogP contribution in [0.1, 0.15) is 5.69 Å². The second-order valence-electron chi connectivity index (χ2n) is 2.97. The number of hydrogen-bond acceptors (Lipinski definition) is 4. The van der Waals surface area contributed by atoms with E-state index < -0.39 is 0 Å². The zero-order chi connectivity index (χ0) is 10.7. The molecule has 5 heteroatoms. The minimum atomic E-state index is 0.414. The quantitative estimate of drug-likeness (QED) is 0.898. The summed E-state index contributed by atoms with van der Waals surface area (Å²) in [5.41, 5.74) is 7.21. The molecule has 2 rings (SSSR count). The molecule has 0 aliphatic heterocycles. The molecule has 0 aliphatic carbocycles. The summed E-state index contributed by atoms with van der Waals surface area (Å²) in [5, 5.41) is 0. The fourth-order valence-electron chi connectivity index (χ4n) is 1.18. The van der Waals surface area contributed by atoms with Gasteiger partial charge < -0.3 is 5.73 Å². The number of nitrogens with two attached hydrogens (primary N) is 1. The number of hydrogen-bond donors (Lipinski definition) is 1. The van der Waals surface area contributed by atoms with Crippen LogP contribution in [0.3, 0.4) is 0 Å². The third-order valence-electron chi connectivity index (χ3n) is 1.89. The van der Waals surface area contributed by atoms with Crippen molar-refractivity contribution in [2.75, 3.05) is 0 Å². The van der Waals surface area contributed by atoms with Crippen molar-refractivity contribution in [1.82, 2.24) is 15.0 Å². The van der Waals surface area contributed by atoms with Crippen LogP contribution < -0.4 is 5.73 Å². The van der Waals surface area contributed by atoms with Crippen LogP contribution in [0.2, 0.25) is 0 Å². The second-order valence-corrected chi connectivity index (χ2v) is 3.88. The van der Waals surface area contributed by atoms with Gasteiger partial charge in [-0.15, -0.1) is 0 Å². The summed E-state index contributed by atoms with van der Waals surface area (Å²) in [6, 6.07) is 3.72. The molecule has 76 valence electrons. The molecule has 0 amide bonds. The summed E-state index contributed by atoms with van der Waals surface area (Å²) in [5.74, 6) is 0.645. The molecule has 0 saturated carbocycles. The summed E-state index contributed by atoms with van der Waals surface area (Å²) in [6.07, 6.45) is 5.14.